The highest BCUT2D eigenvalue weighted by Gasteiger charge is 2.34. The van der Waals surface area contributed by atoms with Crippen LogP contribution in [0.4, 0.5) is 8.78 Å². The Bertz CT molecular complexity index is 586. The zero-order chi connectivity index (χ0) is 14.8. The molecule has 7 heteroatoms. The van der Waals surface area contributed by atoms with Crippen LogP contribution in [0.3, 0.4) is 0 Å². The summed E-state index contributed by atoms with van der Waals surface area (Å²) in [6, 6.07) is 2.36. The number of hydrogen-bond donors (Lipinski definition) is 1. The summed E-state index contributed by atoms with van der Waals surface area (Å²) >= 11 is 5.93. The molecule has 2 rings (SSSR count). The standard InChI is InChI=1S/C13H16ClF2NO2S/c14-8-13(5-1-2-6-13)9-17-20(18,19)12-7-10(15)3-4-11(12)16/h3-4,7,17H,1-2,5-6,8-9H2. The van der Waals surface area contributed by atoms with Gasteiger partial charge in [-0.15, -0.1) is 11.6 Å². The van der Waals surface area contributed by atoms with E-state index in [1.165, 1.54) is 0 Å². The third-order valence-electron chi connectivity index (χ3n) is 3.77. The summed E-state index contributed by atoms with van der Waals surface area (Å²) in [5.74, 6) is -1.41. The normalized spacial score (nSPS) is 18.4. The predicted octanol–water partition coefficient (Wildman–Crippen LogP) is 3.04. The quantitative estimate of drug-likeness (QED) is 0.847. The van der Waals surface area contributed by atoms with Crippen molar-refractivity contribution in [2.24, 2.45) is 5.41 Å². The van der Waals surface area contributed by atoms with E-state index in [1.807, 2.05) is 0 Å². The van der Waals surface area contributed by atoms with Gasteiger partial charge in [-0.1, -0.05) is 12.8 Å². The van der Waals surface area contributed by atoms with Crippen molar-refractivity contribution >= 4 is 21.6 Å². The Kier molecular flexibility index (Phi) is 4.66. The second-order valence-electron chi connectivity index (χ2n) is 5.24. The predicted molar refractivity (Wildman–Crippen MR) is 73.2 cm³/mol. The molecule has 1 aliphatic carbocycles. The third kappa shape index (κ3) is 3.30. The number of halogens is 3. The van der Waals surface area contributed by atoms with Gasteiger partial charge in [-0.05, 0) is 36.5 Å². The molecule has 1 aromatic carbocycles. The van der Waals surface area contributed by atoms with E-state index in [9.17, 15) is 17.2 Å². The fourth-order valence-electron chi connectivity index (χ4n) is 2.49. The molecule has 0 spiro atoms. The molecule has 0 amide bonds. The minimum absolute atomic E-state index is 0.148. The third-order valence-corrected chi connectivity index (χ3v) is 5.75. The molecule has 1 N–H and O–H groups in total. The molecular weight excluding hydrogens is 308 g/mol. The van der Waals surface area contributed by atoms with Gasteiger partial charge in [0.1, 0.15) is 16.5 Å². The van der Waals surface area contributed by atoms with Crippen LogP contribution >= 0.6 is 11.6 Å². The highest BCUT2D eigenvalue weighted by molar-refractivity contribution is 7.89. The SMILES string of the molecule is O=S(=O)(NCC1(CCl)CCCC1)c1cc(F)ccc1F. The first-order chi connectivity index (χ1) is 9.38. The maximum Gasteiger partial charge on any atom is 0.243 e. The Morgan fingerprint density at radius 1 is 1.25 bits per heavy atom. The largest absolute Gasteiger partial charge is 0.243 e. The second kappa shape index (κ2) is 5.95. The summed E-state index contributed by atoms with van der Waals surface area (Å²) in [6.07, 6.45) is 3.68. The van der Waals surface area contributed by atoms with Gasteiger partial charge in [0.05, 0.1) is 0 Å². The Morgan fingerprint density at radius 3 is 2.50 bits per heavy atom. The summed E-state index contributed by atoms with van der Waals surface area (Å²) in [6.45, 7) is 0.148. The minimum atomic E-state index is -4.07. The van der Waals surface area contributed by atoms with Gasteiger partial charge < -0.3 is 0 Å². The number of benzene rings is 1. The van der Waals surface area contributed by atoms with Crippen molar-refractivity contribution in [3.63, 3.8) is 0 Å². The van der Waals surface area contributed by atoms with Crippen molar-refractivity contribution in [3.8, 4) is 0 Å². The van der Waals surface area contributed by atoms with Crippen molar-refractivity contribution in [2.45, 2.75) is 30.6 Å². The van der Waals surface area contributed by atoms with Crippen molar-refractivity contribution in [1.82, 2.24) is 4.72 Å². The topological polar surface area (TPSA) is 46.2 Å². The van der Waals surface area contributed by atoms with Gasteiger partial charge in [0.2, 0.25) is 10.0 Å². The van der Waals surface area contributed by atoms with Crippen LogP contribution in [-0.4, -0.2) is 20.8 Å². The number of alkyl halides is 1. The Morgan fingerprint density at radius 2 is 1.90 bits per heavy atom. The first-order valence-electron chi connectivity index (χ1n) is 6.39. The smallest absolute Gasteiger partial charge is 0.210 e. The molecule has 0 bridgehead atoms. The zero-order valence-electron chi connectivity index (χ0n) is 10.8. The van der Waals surface area contributed by atoms with E-state index < -0.39 is 26.6 Å². The number of sulfonamides is 1. The van der Waals surface area contributed by atoms with Crippen molar-refractivity contribution in [1.29, 1.82) is 0 Å². The summed E-state index contributed by atoms with van der Waals surface area (Å²) in [4.78, 5) is -0.666. The summed E-state index contributed by atoms with van der Waals surface area (Å²) in [5, 5.41) is 0. The van der Waals surface area contributed by atoms with E-state index in [0.29, 0.717) is 11.9 Å². The maximum absolute atomic E-state index is 13.5. The van der Waals surface area contributed by atoms with E-state index in [2.05, 4.69) is 4.72 Å². The van der Waals surface area contributed by atoms with E-state index >= 15 is 0 Å². The average Bonchev–Trinajstić information content (AvgIpc) is 2.89. The highest BCUT2D eigenvalue weighted by Crippen LogP contribution is 2.38. The molecule has 112 valence electrons. The molecule has 1 aromatic rings. The van der Waals surface area contributed by atoms with Crippen LogP contribution in [0.25, 0.3) is 0 Å². The number of rotatable bonds is 5. The monoisotopic (exact) mass is 323 g/mol. The van der Waals surface area contributed by atoms with Crippen LogP contribution in [0, 0.1) is 17.0 Å². The van der Waals surface area contributed by atoms with Gasteiger partial charge >= 0.3 is 0 Å². The molecule has 0 saturated heterocycles. The first kappa shape index (κ1) is 15.7. The van der Waals surface area contributed by atoms with Crippen LogP contribution in [0.15, 0.2) is 23.1 Å². The minimum Gasteiger partial charge on any atom is -0.210 e. The molecule has 1 saturated carbocycles. The molecule has 3 nitrogen and oxygen atoms in total. The lowest BCUT2D eigenvalue weighted by molar-refractivity contribution is 0.342. The van der Waals surface area contributed by atoms with Gasteiger partial charge in [0.15, 0.2) is 0 Å². The van der Waals surface area contributed by atoms with Crippen LogP contribution in [0.1, 0.15) is 25.7 Å². The van der Waals surface area contributed by atoms with Crippen LogP contribution in [-0.2, 0) is 10.0 Å². The number of nitrogens with one attached hydrogen (secondary N) is 1. The Balaban J connectivity index is 2.17. The molecule has 0 unspecified atom stereocenters. The lowest BCUT2D eigenvalue weighted by Gasteiger charge is -2.26. The molecule has 0 radical (unpaired) electrons. The molecule has 0 aromatic heterocycles. The molecule has 0 aliphatic heterocycles. The molecule has 1 aliphatic rings. The van der Waals surface area contributed by atoms with Crippen LogP contribution in [0.2, 0.25) is 0 Å². The molecular formula is C13H16ClF2NO2S. The average molecular weight is 324 g/mol. The molecule has 0 heterocycles. The van der Waals surface area contributed by atoms with E-state index in [0.717, 1.165) is 37.8 Å². The Labute approximate surface area is 122 Å². The fraction of sp³-hybridized carbons (Fsp3) is 0.538. The molecule has 0 atom stereocenters. The second-order valence-corrected chi connectivity index (χ2v) is 7.24. The molecule has 1 fully saturated rings. The van der Waals surface area contributed by atoms with E-state index in [-0.39, 0.29) is 12.0 Å². The first-order valence-corrected chi connectivity index (χ1v) is 8.41. The van der Waals surface area contributed by atoms with Gasteiger partial charge in [-0.2, -0.15) is 0 Å². The lowest BCUT2D eigenvalue weighted by atomic mass is 9.89. The molecule has 20 heavy (non-hydrogen) atoms. The van der Waals surface area contributed by atoms with Crippen LogP contribution < -0.4 is 4.72 Å². The summed E-state index contributed by atoms with van der Waals surface area (Å²) in [5.41, 5.74) is -0.279. The summed E-state index contributed by atoms with van der Waals surface area (Å²) < 4.78 is 53.1. The summed E-state index contributed by atoms with van der Waals surface area (Å²) in [7, 11) is -4.07. The van der Waals surface area contributed by atoms with Crippen LogP contribution in [0.5, 0.6) is 0 Å². The fourth-order valence-corrected chi connectivity index (χ4v) is 4.10. The maximum atomic E-state index is 13.5. The number of hydrogen-bond acceptors (Lipinski definition) is 2. The van der Waals surface area contributed by atoms with E-state index in [4.69, 9.17) is 11.6 Å². The van der Waals surface area contributed by atoms with E-state index in [1.54, 1.807) is 0 Å². The van der Waals surface area contributed by atoms with Crippen molar-refractivity contribution in [3.05, 3.63) is 29.8 Å². The van der Waals surface area contributed by atoms with Gasteiger partial charge in [0, 0.05) is 12.4 Å². The van der Waals surface area contributed by atoms with Gasteiger partial charge in [-0.3, -0.25) is 0 Å². The van der Waals surface area contributed by atoms with Crippen molar-refractivity contribution in [2.75, 3.05) is 12.4 Å². The van der Waals surface area contributed by atoms with Gasteiger partial charge in [-0.25, -0.2) is 21.9 Å². The lowest BCUT2D eigenvalue weighted by Crippen LogP contribution is -2.37. The Hall–Kier alpha value is -0.720. The van der Waals surface area contributed by atoms with Crippen molar-refractivity contribution < 1.29 is 17.2 Å². The highest BCUT2D eigenvalue weighted by atomic mass is 35.5. The van der Waals surface area contributed by atoms with Gasteiger partial charge in [0.25, 0.3) is 0 Å². The zero-order valence-corrected chi connectivity index (χ0v) is 12.4.